The van der Waals surface area contributed by atoms with Crippen molar-refractivity contribution in [1.82, 2.24) is 5.32 Å². The van der Waals surface area contributed by atoms with Crippen molar-refractivity contribution in [2.24, 2.45) is 5.41 Å². The van der Waals surface area contributed by atoms with Gasteiger partial charge in [0.2, 0.25) is 0 Å². The predicted octanol–water partition coefficient (Wildman–Crippen LogP) is 5.61. The zero-order valence-electron chi connectivity index (χ0n) is 23.6. The molecule has 3 aromatic rings. The highest BCUT2D eigenvalue weighted by Gasteiger charge is 2.38. The zero-order chi connectivity index (χ0) is 30.4. The van der Waals surface area contributed by atoms with E-state index in [0.29, 0.717) is 31.2 Å². The van der Waals surface area contributed by atoms with Crippen LogP contribution in [0, 0.1) is 29.5 Å². The number of carboxylic acid groups (broad SMARTS) is 1. The third-order valence-electron chi connectivity index (χ3n) is 7.52. The maximum atomic E-state index is 13.5. The first-order valence-corrected chi connectivity index (χ1v) is 13.5. The minimum absolute atomic E-state index is 0.0882. The van der Waals surface area contributed by atoms with Crippen molar-refractivity contribution in [3.63, 3.8) is 0 Å². The second-order valence-electron chi connectivity index (χ2n) is 10.7. The topological polar surface area (TPSA) is 138 Å². The van der Waals surface area contributed by atoms with Crippen molar-refractivity contribution in [3.8, 4) is 17.6 Å². The number of aryl methyl sites for hydroxylation is 1. The van der Waals surface area contributed by atoms with E-state index in [4.69, 9.17) is 9.47 Å². The number of nitrogens with zero attached hydrogens (tertiary/aromatic N) is 1. The van der Waals surface area contributed by atoms with Gasteiger partial charge < -0.3 is 25.2 Å². The monoisotopic (exact) mass is 573 g/mol. The lowest BCUT2D eigenvalue weighted by Crippen LogP contribution is -2.36. The van der Waals surface area contributed by atoms with E-state index in [1.807, 2.05) is 6.92 Å². The fourth-order valence-electron chi connectivity index (χ4n) is 4.90. The van der Waals surface area contributed by atoms with Crippen LogP contribution in [-0.2, 0) is 11.3 Å². The maximum Gasteiger partial charge on any atom is 0.309 e. The van der Waals surface area contributed by atoms with Gasteiger partial charge in [-0.3, -0.25) is 14.4 Å². The molecule has 1 fully saturated rings. The fourth-order valence-corrected chi connectivity index (χ4v) is 4.90. The summed E-state index contributed by atoms with van der Waals surface area (Å²) >= 11 is 0. The highest BCUT2D eigenvalue weighted by Crippen LogP contribution is 2.39. The number of anilines is 1. The Morgan fingerprint density at radius 1 is 1.05 bits per heavy atom. The molecule has 218 valence electrons. The van der Waals surface area contributed by atoms with Gasteiger partial charge in [-0.2, -0.15) is 5.26 Å². The van der Waals surface area contributed by atoms with Crippen LogP contribution in [-0.4, -0.2) is 36.1 Å². The molecule has 1 aliphatic carbocycles. The van der Waals surface area contributed by atoms with E-state index in [2.05, 4.69) is 16.7 Å². The van der Waals surface area contributed by atoms with Crippen LogP contribution in [0.1, 0.15) is 70.0 Å². The molecule has 1 aliphatic rings. The summed E-state index contributed by atoms with van der Waals surface area (Å²) in [7, 11) is 1.37. The Labute approximate surface area is 243 Å². The van der Waals surface area contributed by atoms with Crippen LogP contribution in [0.5, 0.6) is 11.5 Å². The van der Waals surface area contributed by atoms with E-state index in [1.165, 1.54) is 31.4 Å². The molecule has 0 unspecified atom stereocenters. The van der Waals surface area contributed by atoms with E-state index in [9.17, 15) is 29.1 Å². The van der Waals surface area contributed by atoms with Gasteiger partial charge in [0, 0.05) is 12.6 Å². The molecule has 0 aliphatic heterocycles. The van der Waals surface area contributed by atoms with Crippen LogP contribution < -0.4 is 20.1 Å². The van der Waals surface area contributed by atoms with E-state index in [1.54, 1.807) is 37.3 Å². The van der Waals surface area contributed by atoms with Gasteiger partial charge in [0.1, 0.15) is 23.4 Å². The van der Waals surface area contributed by atoms with E-state index < -0.39 is 29.0 Å². The van der Waals surface area contributed by atoms with Crippen LogP contribution in [0.25, 0.3) is 0 Å². The smallest absolute Gasteiger partial charge is 0.309 e. The third-order valence-corrected chi connectivity index (χ3v) is 7.52. The Balaban J connectivity index is 1.55. The first-order chi connectivity index (χ1) is 20.0. The summed E-state index contributed by atoms with van der Waals surface area (Å²) in [6.45, 7) is 3.62. The number of carbonyl (C=O) groups excluding carboxylic acids is 2. The van der Waals surface area contributed by atoms with Gasteiger partial charge in [0.05, 0.1) is 41.0 Å². The quantitative estimate of drug-likeness (QED) is 0.303. The summed E-state index contributed by atoms with van der Waals surface area (Å²) in [5.41, 5.74) is 1.28. The lowest BCUT2D eigenvalue weighted by atomic mass is 9.75. The molecule has 0 atom stereocenters. The number of amides is 2. The van der Waals surface area contributed by atoms with Gasteiger partial charge >= 0.3 is 5.97 Å². The van der Waals surface area contributed by atoms with Crippen molar-refractivity contribution < 1.29 is 33.4 Å². The Morgan fingerprint density at radius 3 is 2.43 bits per heavy atom. The molecule has 3 N–H and O–H groups in total. The predicted molar refractivity (Wildman–Crippen MR) is 153 cm³/mol. The third kappa shape index (κ3) is 6.86. The highest BCUT2D eigenvalue weighted by atomic mass is 19.1. The standard InChI is InChI=1S/C32H32FN3O6/c1-19-7-8-24(29(37)35-18-20-5-4-6-22(33)14-20)26(13-19)36-30(38)25-16-27(21(17-34)15-28(25)41-3)42-23-9-11-32(2,12-10-23)31(39)40/h4-8,13-16,23H,9-12,18H2,1-3H3,(H,35,37)(H,36,38)(H,39,40)/t23-,32+. The maximum absolute atomic E-state index is 13.5. The average Bonchev–Trinajstić information content (AvgIpc) is 2.97. The largest absolute Gasteiger partial charge is 0.496 e. The van der Waals surface area contributed by atoms with Gasteiger partial charge in [-0.1, -0.05) is 18.2 Å². The second kappa shape index (κ2) is 12.7. The molecular weight excluding hydrogens is 541 g/mol. The lowest BCUT2D eigenvalue weighted by molar-refractivity contribution is -0.150. The van der Waals surface area contributed by atoms with Gasteiger partial charge in [-0.05, 0) is 81.0 Å². The number of nitriles is 1. The van der Waals surface area contributed by atoms with Gasteiger partial charge in [-0.25, -0.2) is 4.39 Å². The number of hydrogen-bond donors (Lipinski definition) is 3. The molecular formula is C32H32FN3O6. The molecule has 0 radical (unpaired) electrons. The summed E-state index contributed by atoms with van der Waals surface area (Å²) in [5, 5.41) is 24.8. The summed E-state index contributed by atoms with van der Waals surface area (Å²) in [5.74, 6) is -1.98. The van der Waals surface area contributed by atoms with E-state index in [0.717, 1.165) is 5.56 Å². The SMILES string of the molecule is COc1cc(C#N)c(O[C@H]2CC[C@@](C)(C(=O)O)CC2)cc1C(=O)Nc1cc(C)ccc1C(=O)NCc1cccc(F)c1. The van der Waals surface area contributed by atoms with Gasteiger partial charge in [0.15, 0.2) is 0 Å². The molecule has 0 heterocycles. The number of carboxylic acids is 1. The summed E-state index contributed by atoms with van der Waals surface area (Å²) in [6, 6.07) is 15.8. The number of carbonyl (C=O) groups is 3. The molecule has 0 aromatic heterocycles. The normalized spacial score (nSPS) is 17.9. The first-order valence-electron chi connectivity index (χ1n) is 13.5. The number of rotatable bonds is 9. The number of methoxy groups -OCH3 is 1. The Bertz CT molecular complexity index is 1560. The molecule has 42 heavy (non-hydrogen) atoms. The summed E-state index contributed by atoms with van der Waals surface area (Å²) in [4.78, 5) is 38.2. The molecule has 10 heteroatoms. The number of hydrogen-bond acceptors (Lipinski definition) is 6. The van der Waals surface area contributed by atoms with Crippen molar-refractivity contribution in [1.29, 1.82) is 5.26 Å². The fraction of sp³-hybridized carbons (Fsp3) is 0.312. The second-order valence-corrected chi connectivity index (χ2v) is 10.7. The van der Waals surface area contributed by atoms with Crippen LogP contribution in [0.3, 0.4) is 0 Å². The molecule has 4 rings (SSSR count). The number of halogens is 1. The number of aliphatic carboxylic acids is 1. The van der Waals surface area contributed by atoms with Gasteiger partial charge in [-0.15, -0.1) is 0 Å². The van der Waals surface area contributed by atoms with Crippen molar-refractivity contribution in [2.75, 3.05) is 12.4 Å². The number of nitrogens with one attached hydrogen (secondary N) is 2. The van der Waals surface area contributed by atoms with Gasteiger partial charge in [0.25, 0.3) is 11.8 Å². The summed E-state index contributed by atoms with van der Waals surface area (Å²) < 4.78 is 25.1. The molecule has 0 saturated heterocycles. The van der Waals surface area contributed by atoms with Crippen LogP contribution in [0.2, 0.25) is 0 Å². The number of benzene rings is 3. The molecule has 3 aromatic carbocycles. The highest BCUT2D eigenvalue weighted by molar-refractivity contribution is 6.10. The molecule has 0 bridgehead atoms. The average molecular weight is 574 g/mol. The van der Waals surface area contributed by atoms with Crippen LogP contribution in [0.15, 0.2) is 54.6 Å². The van der Waals surface area contributed by atoms with E-state index in [-0.39, 0.29) is 46.5 Å². The zero-order valence-corrected chi connectivity index (χ0v) is 23.6. The minimum Gasteiger partial charge on any atom is -0.496 e. The Morgan fingerprint density at radius 2 is 1.79 bits per heavy atom. The van der Waals surface area contributed by atoms with E-state index >= 15 is 0 Å². The van der Waals surface area contributed by atoms with Crippen LogP contribution in [0.4, 0.5) is 10.1 Å². The molecule has 1 saturated carbocycles. The number of ether oxygens (including phenoxy) is 2. The molecule has 9 nitrogen and oxygen atoms in total. The molecule has 2 amide bonds. The van der Waals surface area contributed by atoms with Crippen molar-refractivity contribution >= 4 is 23.5 Å². The van der Waals surface area contributed by atoms with Crippen LogP contribution >= 0.6 is 0 Å². The Kier molecular flexibility index (Phi) is 9.11. The summed E-state index contributed by atoms with van der Waals surface area (Å²) in [6.07, 6.45) is 1.50. The Hall–Kier alpha value is -4.91. The lowest BCUT2D eigenvalue weighted by Gasteiger charge is -2.34. The minimum atomic E-state index is -0.847. The van der Waals surface area contributed by atoms with Crippen molar-refractivity contribution in [3.05, 3.63) is 88.2 Å². The molecule has 0 spiro atoms. The first kappa shape index (κ1) is 30.1. The van der Waals surface area contributed by atoms with Crippen molar-refractivity contribution in [2.45, 2.75) is 52.2 Å².